The zero-order valence-electron chi connectivity index (χ0n) is 10.2. The van der Waals surface area contributed by atoms with Gasteiger partial charge in [0, 0.05) is 25.6 Å². The molecule has 0 spiro atoms. The van der Waals surface area contributed by atoms with Crippen LogP contribution >= 0.6 is 11.8 Å². The van der Waals surface area contributed by atoms with Crippen LogP contribution in [0.4, 0.5) is 0 Å². The van der Waals surface area contributed by atoms with E-state index in [2.05, 4.69) is 0 Å². The lowest BCUT2D eigenvalue weighted by Crippen LogP contribution is -2.15. The first-order chi connectivity index (χ1) is 8.31. The van der Waals surface area contributed by atoms with E-state index in [1.807, 2.05) is 0 Å². The molecule has 0 aromatic heterocycles. The third kappa shape index (κ3) is 14.1. The lowest BCUT2D eigenvalue weighted by Gasteiger charge is -2.07. The molecule has 0 saturated heterocycles. The topological polar surface area (TPSA) is 79.2 Å². The second-order valence-electron chi connectivity index (χ2n) is 3.57. The number of rotatable bonds is 13. The summed E-state index contributed by atoms with van der Waals surface area (Å²) < 4.78 is 10.5. The summed E-state index contributed by atoms with van der Waals surface area (Å²) in [5.74, 6) is 1.50. The molecular weight excluding hydrogens is 244 g/mol. The van der Waals surface area contributed by atoms with E-state index < -0.39 is 6.10 Å². The maximum absolute atomic E-state index is 9.07. The number of aliphatic hydroxyl groups is 3. The summed E-state index contributed by atoms with van der Waals surface area (Å²) in [7, 11) is 0. The lowest BCUT2D eigenvalue weighted by molar-refractivity contribution is 0.0642. The van der Waals surface area contributed by atoms with Crippen LogP contribution in [0.15, 0.2) is 0 Å². The minimum atomic E-state index is -0.607. The Bertz CT molecular complexity index is 148. The molecule has 1 atom stereocenters. The smallest absolute Gasteiger partial charge is 0.0861 e. The molecule has 104 valence electrons. The average molecular weight is 268 g/mol. The zero-order chi connectivity index (χ0) is 12.8. The molecule has 0 fully saturated rings. The van der Waals surface area contributed by atoms with Crippen molar-refractivity contribution in [2.75, 3.05) is 51.1 Å². The molecular formula is C11H24O5S. The van der Waals surface area contributed by atoms with E-state index in [9.17, 15) is 0 Å². The average Bonchev–Trinajstić information content (AvgIpc) is 2.35. The Balaban J connectivity index is 2.94. The fraction of sp³-hybridized carbons (Fsp3) is 1.00. The number of hydrogen-bond acceptors (Lipinski definition) is 6. The van der Waals surface area contributed by atoms with Gasteiger partial charge in [-0.05, 0) is 18.6 Å². The number of thioether (sulfide) groups is 1. The highest BCUT2D eigenvalue weighted by Crippen LogP contribution is 2.04. The van der Waals surface area contributed by atoms with Crippen molar-refractivity contribution in [1.29, 1.82) is 0 Å². The van der Waals surface area contributed by atoms with Gasteiger partial charge in [-0.15, -0.1) is 0 Å². The summed E-state index contributed by atoms with van der Waals surface area (Å²) in [6, 6.07) is 0. The minimum absolute atomic E-state index is 0.0672. The Morgan fingerprint density at radius 1 is 0.941 bits per heavy atom. The van der Waals surface area contributed by atoms with Crippen molar-refractivity contribution in [1.82, 2.24) is 0 Å². The van der Waals surface area contributed by atoms with E-state index in [4.69, 9.17) is 24.8 Å². The molecule has 5 nitrogen and oxygen atoms in total. The fourth-order valence-electron chi connectivity index (χ4n) is 1.07. The van der Waals surface area contributed by atoms with Crippen LogP contribution < -0.4 is 0 Å². The predicted octanol–water partition coefficient (Wildman–Crippen LogP) is -0.122. The van der Waals surface area contributed by atoms with E-state index in [1.165, 1.54) is 0 Å². The Kier molecular flexibility index (Phi) is 14.3. The van der Waals surface area contributed by atoms with Gasteiger partial charge in [0.25, 0.3) is 0 Å². The molecule has 6 heteroatoms. The second kappa shape index (κ2) is 14.2. The van der Waals surface area contributed by atoms with Gasteiger partial charge in [0.2, 0.25) is 0 Å². The van der Waals surface area contributed by atoms with Crippen LogP contribution in [0.1, 0.15) is 12.8 Å². The van der Waals surface area contributed by atoms with Gasteiger partial charge in [0.1, 0.15) is 0 Å². The molecule has 0 radical (unpaired) electrons. The lowest BCUT2D eigenvalue weighted by atomic mass is 10.4. The van der Waals surface area contributed by atoms with Gasteiger partial charge < -0.3 is 24.8 Å². The molecule has 0 aliphatic heterocycles. The molecule has 0 rings (SSSR count). The van der Waals surface area contributed by atoms with Crippen LogP contribution in [0.5, 0.6) is 0 Å². The first kappa shape index (κ1) is 17.2. The van der Waals surface area contributed by atoms with Crippen molar-refractivity contribution in [3.05, 3.63) is 0 Å². The highest BCUT2D eigenvalue weighted by Gasteiger charge is 2.00. The van der Waals surface area contributed by atoms with Crippen LogP contribution in [0.2, 0.25) is 0 Å². The fourth-order valence-corrected chi connectivity index (χ4v) is 1.93. The quantitative estimate of drug-likeness (QED) is 0.404. The third-order valence-electron chi connectivity index (χ3n) is 1.91. The van der Waals surface area contributed by atoms with Crippen LogP contribution in [0, 0.1) is 0 Å². The largest absolute Gasteiger partial charge is 0.394 e. The molecule has 3 N–H and O–H groups in total. The number of hydrogen-bond donors (Lipinski definition) is 3. The van der Waals surface area contributed by atoms with Crippen molar-refractivity contribution in [3.63, 3.8) is 0 Å². The summed E-state index contributed by atoms with van der Waals surface area (Å²) in [6.07, 6.45) is 1.18. The molecule has 17 heavy (non-hydrogen) atoms. The zero-order valence-corrected chi connectivity index (χ0v) is 11.0. The van der Waals surface area contributed by atoms with Crippen molar-refractivity contribution < 1.29 is 24.8 Å². The van der Waals surface area contributed by atoms with E-state index in [-0.39, 0.29) is 13.2 Å². The minimum Gasteiger partial charge on any atom is -0.394 e. The highest BCUT2D eigenvalue weighted by molar-refractivity contribution is 7.99. The van der Waals surface area contributed by atoms with Gasteiger partial charge in [0.05, 0.1) is 25.9 Å². The van der Waals surface area contributed by atoms with Crippen molar-refractivity contribution >= 4 is 11.8 Å². The Morgan fingerprint density at radius 2 is 1.59 bits per heavy atom. The van der Waals surface area contributed by atoms with E-state index in [0.717, 1.165) is 18.6 Å². The first-order valence-electron chi connectivity index (χ1n) is 5.94. The molecule has 0 aliphatic rings. The molecule has 0 bridgehead atoms. The standard InChI is InChI=1S/C11H24O5S/c12-3-7-16-5-1-4-15-6-2-8-17-10-11(14)9-13/h11-14H,1-10H2. The Morgan fingerprint density at radius 3 is 2.24 bits per heavy atom. The van der Waals surface area contributed by atoms with Crippen molar-refractivity contribution in [2.24, 2.45) is 0 Å². The van der Waals surface area contributed by atoms with E-state index in [0.29, 0.717) is 32.2 Å². The van der Waals surface area contributed by atoms with E-state index >= 15 is 0 Å². The van der Waals surface area contributed by atoms with Crippen molar-refractivity contribution in [3.8, 4) is 0 Å². The predicted molar refractivity (Wildman–Crippen MR) is 68.4 cm³/mol. The van der Waals surface area contributed by atoms with E-state index in [1.54, 1.807) is 11.8 Å². The normalized spacial score (nSPS) is 12.9. The molecule has 1 unspecified atom stereocenters. The summed E-state index contributed by atoms with van der Waals surface area (Å²) in [5.41, 5.74) is 0. The second-order valence-corrected chi connectivity index (χ2v) is 4.72. The summed E-state index contributed by atoms with van der Waals surface area (Å²) in [6.45, 7) is 2.30. The molecule has 0 amide bonds. The first-order valence-corrected chi connectivity index (χ1v) is 7.09. The van der Waals surface area contributed by atoms with Crippen LogP contribution in [-0.2, 0) is 9.47 Å². The van der Waals surface area contributed by atoms with Gasteiger partial charge in [-0.3, -0.25) is 0 Å². The van der Waals surface area contributed by atoms with Crippen LogP contribution in [-0.4, -0.2) is 72.6 Å². The summed E-state index contributed by atoms with van der Waals surface area (Å²) in [5, 5.41) is 26.1. The summed E-state index contributed by atoms with van der Waals surface area (Å²) in [4.78, 5) is 0. The maximum Gasteiger partial charge on any atom is 0.0861 e. The number of aliphatic hydroxyl groups excluding tert-OH is 3. The Hall–Kier alpha value is 0.150. The van der Waals surface area contributed by atoms with Crippen LogP contribution in [0.25, 0.3) is 0 Å². The molecule has 0 aliphatic carbocycles. The van der Waals surface area contributed by atoms with Gasteiger partial charge in [-0.2, -0.15) is 11.8 Å². The van der Waals surface area contributed by atoms with Gasteiger partial charge >= 0.3 is 0 Å². The highest BCUT2D eigenvalue weighted by atomic mass is 32.2. The number of ether oxygens (including phenoxy) is 2. The van der Waals surface area contributed by atoms with Crippen molar-refractivity contribution in [2.45, 2.75) is 18.9 Å². The monoisotopic (exact) mass is 268 g/mol. The summed E-state index contributed by atoms with van der Waals surface area (Å²) >= 11 is 1.62. The molecule has 0 heterocycles. The SMILES string of the molecule is OCCOCCCOCCCSCC(O)CO. The molecule has 0 aromatic carbocycles. The third-order valence-corrected chi connectivity index (χ3v) is 3.11. The van der Waals surface area contributed by atoms with Gasteiger partial charge in [0.15, 0.2) is 0 Å². The van der Waals surface area contributed by atoms with Gasteiger partial charge in [-0.25, -0.2) is 0 Å². The molecule has 0 aromatic rings. The molecule has 0 saturated carbocycles. The Labute approximate surface area is 107 Å². The van der Waals surface area contributed by atoms with Gasteiger partial charge in [-0.1, -0.05) is 0 Å². The van der Waals surface area contributed by atoms with Crippen LogP contribution in [0.3, 0.4) is 0 Å². The maximum atomic E-state index is 9.07.